The van der Waals surface area contributed by atoms with E-state index in [1.54, 1.807) is 33.3 Å². The van der Waals surface area contributed by atoms with Crippen molar-refractivity contribution >= 4 is 5.91 Å². The fourth-order valence-electron chi connectivity index (χ4n) is 3.13. The molecular weight excluding hydrogens is 349 g/mol. The molecule has 0 bridgehead atoms. The maximum Gasteiger partial charge on any atom is 0.238 e. The largest absolute Gasteiger partial charge is 0.493 e. The Hall–Kier alpha value is -2.64. The third-order valence-electron chi connectivity index (χ3n) is 4.72. The average molecular weight is 373 g/mol. The van der Waals surface area contributed by atoms with Crippen LogP contribution < -0.4 is 25.6 Å². The molecule has 6 nitrogen and oxygen atoms in total. The minimum atomic E-state index is -0.361. The zero-order chi connectivity index (χ0) is 19.4. The predicted molar refractivity (Wildman–Crippen MR) is 99.9 cm³/mol. The molecule has 7 heteroatoms. The van der Waals surface area contributed by atoms with E-state index in [1.165, 1.54) is 6.07 Å². The lowest BCUT2D eigenvalue weighted by atomic mass is 10.00. The molecule has 0 aliphatic carbocycles. The monoisotopic (exact) mass is 373 g/mol. The molecule has 0 spiro atoms. The normalized spacial score (nSPS) is 19.0. The maximum atomic E-state index is 13.4. The summed E-state index contributed by atoms with van der Waals surface area (Å²) in [5, 5.41) is 2.92. The Kier molecular flexibility index (Phi) is 5.93. The zero-order valence-corrected chi connectivity index (χ0v) is 15.6. The molecule has 0 saturated carbocycles. The molecule has 1 amide bonds. The van der Waals surface area contributed by atoms with Crippen LogP contribution in [0.4, 0.5) is 4.39 Å². The van der Waals surface area contributed by atoms with Crippen molar-refractivity contribution in [1.82, 2.24) is 16.2 Å². The zero-order valence-electron chi connectivity index (χ0n) is 15.6. The van der Waals surface area contributed by atoms with Crippen molar-refractivity contribution in [2.75, 3.05) is 14.2 Å². The van der Waals surface area contributed by atoms with E-state index in [2.05, 4.69) is 16.2 Å². The molecule has 2 aromatic carbocycles. The summed E-state index contributed by atoms with van der Waals surface area (Å²) in [6.45, 7) is 2.12. The quantitative estimate of drug-likeness (QED) is 0.725. The van der Waals surface area contributed by atoms with Crippen molar-refractivity contribution in [1.29, 1.82) is 0 Å². The van der Waals surface area contributed by atoms with Crippen LogP contribution in [0.3, 0.4) is 0 Å². The second-order valence-electron chi connectivity index (χ2n) is 6.55. The van der Waals surface area contributed by atoms with Gasteiger partial charge in [0.05, 0.1) is 14.2 Å². The lowest BCUT2D eigenvalue weighted by Crippen LogP contribution is -2.42. The van der Waals surface area contributed by atoms with Gasteiger partial charge in [-0.25, -0.2) is 15.2 Å². The molecule has 144 valence electrons. The molecule has 3 N–H and O–H groups in total. The fourth-order valence-corrected chi connectivity index (χ4v) is 3.13. The average Bonchev–Trinajstić information content (AvgIpc) is 3.18. The van der Waals surface area contributed by atoms with E-state index in [4.69, 9.17) is 9.47 Å². The van der Waals surface area contributed by atoms with E-state index in [0.29, 0.717) is 30.0 Å². The number of rotatable bonds is 6. The fraction of sp³-hybridized carbons (Fsp3) is 0.350. The Morgan fingerprint density at radius 3 is 2.63 bits per heavy atom. The standard InChI is InChI=1S/C20H24FN3O3/c1-12-8-14(5-6-15(12)21)16-10-17(24-23-16)20(25)22-11-13-4-7-18(26-2)19(9-13)27-3/h4-9,16-17,23-24H,10-11H2,1-3H3,(H,22,25). The molecule has 2 atom stereocenters. The highest BCUT2D eigenvalue weighted by Crippen LogP contribution is 2.28. The Balaban J connectivity index is 1.57. The van der Waals surface area contributed by atoms with Crippen molar-refractivity contribution < 1.29 is 18.7 Å². The first-order chi connectivity index (χ1) is 13.0. The van der Waals surface area contributed by atoms with Crippen LogP contribution in [0.25, 0.3) is 0 Å². The third kappa shape index (κ3) is 4.37. The molecular formula is C20H24FN3O3. The number of hydrogen-bond donors (Lipinski definition) is 3. The number of hydrazine groups is 1. The number of carbonyl (C=O) groups is 1. The molecule has 0 radical (unpaired) electrons. The summed E-state index contributed by atoms with van der Waals surface area (Å²) in [6.07, 6.45) is 0.586. The molecule has 1 fully saturated rings. The lowest BCUT2D eigenvalue weighted by Gasteiger charge is -2.13. The topological polar surface area (TPSA) is 71.6 Å². The van der Waals surface area contributed by atoms with E-state index < -0.39 is 0 Å². The molecule has 1 saturated heterocycles. The van der Waals surface area contributed by atoms with Gasteiger partial charge in [-0.2, -0.15) is 0 Å². The van der Waals surface area contributed by atoms with Gasteiger partial charge < -0.3 is 14.8 Å². The van der Waals surface area contributed by atoms with Crippen molar-refractivity contribution in [2.45, 2.75) is 32.0 Å². The Bertz CT molecular complexity index is 828. The van der Waals surface area contributed by atoms with Crippen molar-refractivity contribution in [3.05, 3.63) is 58.9 Å². The second-order valence-corrected chi connectivity index (χ2v) is 6.55. The van der Waals surface area contributed by atoms with E-state index >= 15 is 0 Å². The summed E-state index contributed by atoms with van der Waals surface area (Å²) in [6, 6.07) is 10.1. The van der Waals surface area contributed by atoms with Gasteiger partial charge in [0.25, 0.3) is 0 Å². The van der Waals surface area contributed by atoms with Crippen molar-refractivity contribution in [2.24, 2.45) is 0 Å². The first kappa shape index (κ1) is 19.1. The van der Waals surface area contributed by atoms with E-state index in [0.717, 1.165) is 11.1 Å². The minimum absolute atomic E-state index is 0.0406. The molecule has 0 aromatic heterocycles. The van der Waals surface area contributed by atoms with Gasteiger partial charge in [0.15, 0.2) is 11.5 Å². The molecule has 27 heavy (non-hydrogen) atoms. The van der Waals surface area contributed by atoms with Crippen LogP contribution in [0.1, 0.15) is 29.2 Å². The van der Waals surface area contributed by atoms with Crippen molar-refractivity contribution in [3.63, 3.8) is 0 Å². The molecule has 1 aliphatic rings. The number of carbonyl (C=O) groups excluding carboxylic acids is 1. The maximum absolute atomic E-state index is 13.4. The van der Waals surface area contributed by atoms with E-state index in [1.807, 2.05) is 18.2 Å². The first-order valence-corrected chi connectivity index (χ1v) is 8.77. The highest BCUT2D eigenvalue weighted by Gasteiger charge is 2.30. The van der Waals surface area contributed by atoms with E-state index in [9.17, 15) is 9.18 Å². The number of amides is 1. The van der Waals surface area contributed by atoms with Crippen LogP contribution in [-0.4, -0.2) is 26.2 Å². The highest BCUT2D eigenvalue weighted by molar-refractivity contribution is 5.82. The number of halogens is 1. The number of aryl methyl sites for hydroxylation is 1. The van der Waals surface area contributed by atoms with Gasteiger partial charge in [0.1, 0.15) is 11.9 Å². The van der Waals surface area contributed by atoms with E-state index in [-0.39, 0.29) is 23.8 Å². The van der Waals surface area contributed by atoms with Crippen LogP contribution in [-0.2, 0) is 11.3 Å². The van der Waals surface area contributed by atoms with Gasteiger partial charge in [-0.05, 0) is 48.2 Å². The summed E-state index contributed by atoms with van der Waals surface area (Å²) >= 11 is 0. The summed E-state index contributed by atoms with van der Waals surface area (Å²) in [5.41, 5.74) is 8.59. The molecule has 3 rings (SSSR count). The van der Waals surface area contributed by atoms with Crippen LogP contribution in [0, 0.1) is 12.7 Å². The minimum Gasteiger partial charge on any atom is -0.493 e. The number of methoxy groups -OCH3 is 2. The Morgan fingerprint density at radius 1 is 1.15 bits per heavy atom. The van der Waals surface area contributed by atoms with Gasteiger partial charge in [-0.3, -0.25) is 4.79 Å². The smallest absolute Gasteiger partial charge is 0.238 e. The predicted octanol–water partition coefficient (Wildman–Crippen LogP) is 2.38. The number of hydrogen-bond acceptors (Lipinski definition) is 5. The van der Waals surface area contributed by atoms with Gasteiger partial charge in [-0.1, -0.05) is 18.2 Å². The summed E-state index contributed by atoms with van der Waals surface area (Å²) in [4.78, 5) is 12.5. The second kappa shape index (κ2) is 8.37. The van der Waals surface area contributed by atoms with Gasteiger partial charge >= 0.3 is 0 Å². The number of ether oxygens (including phenoxy) is 2. The van der Waals surface area contributed by atoms with Gasteiger partial charge in [0, 0.05) is 12.6 Å². The Morgan fingerprint density at radius 2 is 1.93 bits per heavy atom. The summed E-state index contributed by atoms with van der Waals surface area (Å²) in [5.74, 6) is 0.941. The lowest BCUT2D eigenvalue weighted by molar-refractivity contribution is -0.123. The molecule has 2 aromatic rings. The first-order valence-electron chi connectivity index (χ1n) is 8.77. The highest BCUT2D eigenvalue weighted by atomic mass is 19.1. The number of benzene rings is 2. The van der Waals surface area contributed by atoms with Crippen LogP contribution >= 0.6 is 0 Å². The Labute approximate surface area is 158 Å². The van der Waals surface area contributed by atoms with Crippen LogP contribution in [0.5, 0.6) is 11.5 Å². The summed E-state index contributed by atoms with van der Waals surface area (Å²) in [7, 11) is 3.16. The SMILES string of the molecule is COc1ccc(CNC(=O)C2CC(c3ccc(F)c(C)c3)NN2)cc1OC. The van der Waals surface area contributed by atoms with Gasteiger partial charge in [-0.15, -0.1) is 0 Å². The number of nitrogens with one attached hydrogen (secondary N) is 3. The van der Waals surface area contributed by atoms with Crippen LogP contribution in [0.15, 0.2) is 36.4 Å². The molecule has 1 aliphatic heterocycles. The molecule has 2 unspecified atom stereocenters. The van der Waals surface area contributed by atoms with Gasteiger partial charge in [0.2, 0.25) is 5.91 Å². The summed E-state index contributed by atoms with van der Waals surface area (Å²) < 4.78 is 23.9. The molecule has 1 heterocycles. The third-order valence-corrected chi connectivity index (χ3v) is 4.72. The van der Waals surface area contributed by atoms with Crippen LogP contribution in [0.2, 0.25) is 0 Å². The van der Waals surface area contributed by atoms with Crippen molar-refractivity contribution in [3.8, 4) is 11.5 Å².